The minimum Gasteiger partial charge on any atom is -0.356 e. The molecule has 86 valence electrons. The second-order valence-corrected chi connectivity index (χ2v) is 4.14. The van der Waals surface area contributed by atoms with Crippen LogP contribution in [0.3, 0.4) is 0 Å². The Morgan fingerprint density at radius 1 is 1.50 bits per heavy atom. The van der Waals surface area contributed by atoms with Crippen molar-refractivity contribution in [3.05, 3.63) is 24.0 Å². The van der Waals surface area contributed by atoms with E-state index in [0.29, 0.717) is 11.9 Å². The third-order valence-electron chi connectivity index (χ3n) is 2.76. The monoisotopic (exact) mass is 221 g/mol. The van der Waals surface area contributed by atoms with Gasteiger partial charge in [0.15, 0.2) is 0 Å². The number of rotatable bonds is 4. The summed E-state index contributed by atoms with van der Waals surface area (Å²) in [6, 6.07) is 4.55. The Morgan fingerprint density at radius 2 is 2.31 bits per heavy atom. The van der Waals surface area contributed by atoms with Crippen molar-refractivity contribution in [2.45, 2.75) is 20.3 Å². The number of H-pyrrole nitrogens is 1. The molecule has 0 radical (unpaired) electrons. The van der Waals surface area contributed by atoms with E-state index in [2.05, 4.69) is 29.1 Å². The summed E-state index contributed by atoms with van der Waals surface area (Å²) < 4.78 is 12.9. The van der Waals surface area contributed by atoms with E-state index in [4.69, 9.17) is 0 Å². The number of nitrogens with one attached hydrogen (secondary N) is 2. The van der Waals surface area contributed by atoms with Gasteiger partial charge in [0.25, 0.3) is 0 Å². The Bertz CT molecular complexity index is 478. The van der Waals surface area contributed by atoms with E-state index < -0.39 is 0 Å². The Morgan fingerprint density at radius 3 is 3.06 bits per heavy atom. The van der Waals surface area contributed by atoms with E-state index in [1.807, 2.05) is 0 Å². The van der Waals surface area contributed by atoms with Gasteiger partial charge in [0.2, 0.25) is 5.95 Å². The molecule has 3 nitrogen and oxygen atoms in total. The van der Waals surface area contributed by atoms with Crippen LogP contribution in [0.4, 0.5) is 10.3 Å². The summed E-state index contributed by atoms with van der Waals surface area (Å²) in [5.74, 6) is 1.07. The predicted octanol–water partition coefficient (Wildman–Crippen LogP) is 3.16. The van der Waals surface area contributed by atoms with Gasteiger partial charge in [-0.1, -0.05) is 20.3 Å². The third-order valence-corrected chi connectivity index (χ3v) is 2.76. The Labute approximate surface area is 94.1 Å². The summed E-state index contributed by atoms with van der Waals surface area (Å²) >= 11 is 0. The molecule has 4 heteroatoms. The lowest BCUT2D eigenvalue weighted by Gasteiger charge is -2.08. The fourth-order valence-corrected chi connectivity index (χ4v) is 1.48. The lowest BCUT2D eigenvalue weighted by Crippen LogP contribution is -2.10. The van der Waals surface area contributed by atoms with Crippen LogP contribution >= 0.6 is 0 Å². The maximum Gasteiger partial charge on any atom is 0.201 e. The van der Waals surface area contributed by atoms with E-state index in [9.17, 15) is 4.39 Å². The molecule has 0 aliphatic carbocycles. The quantitative estimate of drug-likeness (QED) is 0.832. The van der Waals surface area contributed by atoms with Crippen LogP contribution in [-0.2, 0) is 0 Å². The van der Waals surface area contributed by atoms with Gasteiger partial charge in [0.05, 0.1) is 11.0 Å². The van der Waals surface area contributed by atoms with Crippen LogP contribution < -0.4 is 5.32 Å². The normalized spacial score (nSPS) is 12.9. The first kappa shape index (κ1) is 10.9. The molecule has 0 saturated heterocycles. The summed E-state index contributed by atoms with van der Waals surface area (Å²) in [7, 11) is 0. The second kappa shape index (κ2) is 4.51. The first-order chi connectivity index (χ1) is 7.69. The molecule has 0 spiro atoms. The molecule has 0 aliphatic rings. The highest BCUT2D eigenvalue weighted by molar-refractivity contribution is 5.77. The average molecular weight is 221 g/mol. The molecule has 1 atom stereocenters. The van der Waals surface area contributed by atoms with Crippen LogP contribution in [0.2, 0.25) is 0 Å². The molecule has 16 heavy (non-hydrogen) atoms. The maximum absolute atomic E-state index is 12.9. The van der Waals surface area contributed by atoms with Gasteiger partial charge in [-0.2, -0.15) is 0 Å². The summed E-state index contributed by atoms with van der Waals surface area (Å²) in [5.41, 5.74) is 1.51. The van der Waals surface area contributed by atoms with Crippen LogP contribution in [0.25, 0.3) is 11.0 Å². The van der Waals surface area contributed by atoms with Crippen molar-refractivity contribution < 1.29 is 4.39 Å². The minimum atomic E-state index is -0.246. The molecule has 1 aromatic carbocycles. The predicted molar refractivity (Wildman–Crippen MR) is 64.0 cm³/mol. The maximum atomic E-state index is 12.9. The Hall–Kier alpha value is -1.58. The van der Waals surface area contributed by atoms with Crippen LogP contribution in [0.1, 0.15) is 20.3 Å². The highest BCUT2D eigenvalue weighted by atomic mass is 19.1. The fourth-order valence-electron chi connectivity index (χ4n) is 1.48. The number of aromatic amines is 1. The first-order valence-electron chi connectivity index (χ1n) is 5.58. The van der Waals surface area contributed by atoms with E-state index in [1.165, 1.54) is 12.1 Å². The Kier molecular flexibility index (Phi) is 3.08. The van der Waals surface area contributed by atoms with Gasteiger partial charge in [-0.3, -0.25) is 0 Å². The molecule has 1 heterocycles. The van der Waals surface area contributed by atoms with Gasteiger partial charge in [-0.25, -0.2) is 9.37 Å². The molecule has 1 aromatic heterocycles. The van der Waals surface area contributed by atoms with E-state index >= 15 is 0 Å². The lowest BCUT2D eigenvalue weighted by atomic mass is 10.1. The van der Waals surface area contributed by atoms with Crippen molar-refractivity contribution >= 4 is 17.0 Å². The van der Waals surface area contributed by atoms with Crippen molar-refractivity contribution in [2.75, 3.05) is 11.9 Å². The van der Waals surface area contributed by atoms with Crippen molar-refractivity contribution in [1.29, 1.82) is 0 Å². The molecule has 0 aliphatic heterocycles. The summed E-state index contributed by atoms with van der Waals surface area (Å²) in [4.78, 5) is 7.38. The first-order valence-corrected chi connectivity index (χ1v) is 5.58. The summed E-state index contributed by atoms with van der Waals surface area (Å²) in [6.45, 7) is 5.20. The number of imidazole rings is 1. The number of aromatic nitrogens is 2. The van der Waals surface area contributed by atoms with Gasteiger partial charge >= 0.3 is 0 Å². The smallest absolute Gasteiger partial charge is 0.201 e. The zero-order valence-corrected chi connectivity index (χ0v) is 9.55. The molecular formula is C12H16FN3. The Balaban J connectivity index is 2.13. The second-order valence-electron chi connectivity index (χ2n) is 4.14. The largest absolute Gasteiger partial charge is 0.356 e. The van der Waals surface area contributed by atoms with Crippen molar-refractivity contribution in [2.24, 2.45) is 5.92 Å². The molecule has 0 amide bonds. The van der Waals surface area contributed by atoms with Crippen LogP contribution in [0, 0.1) is 11.7 Å². The van der Waals surface area contributed by atoms with E-state index in [1.54, 1.807) is 6.07 Å². The van der Waals surface area contributed by atoms with Crippen LogP contribution in [0.5, 0.6) is 0 Å². The lowest BCUT2D eigenvalue weighted by molar-refractivity contribution is 0.592. The van der Waals surface area contributed by atoms with E-state index in [0.717, 1.165) is 24.0 Å². The SMILES string of the molecule is CCC(C)CNc1nc2ccc(F)cc2[nH]1. The van der Waals surface area contributed by atoms with Gasteiger partial charge < -0.3 is 10.3 Å². The molecule has 0 fully saturated rings. The molecule has 2 aromatic rings. The molecule has 0 saturated carbocycles. The number of hydrogen-bond donors (Lipinski definition) is 2. The highest BCUT2D eigenvalue weighted by Crippen LogP contribution is 2.15. The van der Waals surface area contributed by atoms with Crippen molar-refractivity contribution in [3.8, 4) is 0 Å². The number of nitrogens with zero attached hydrogens (tertiary/aromatic N) is 1. The zero-order valence-electron chi connectivity index (χ0n) is 9.55. The summed E-state index contributed by atoms with van der Waals surface area (Å²) in [6.07, 6.45) is 1.13. The number of halogens is 1. The minimum absolute atomic E-state index is 0.246. The van der Waals surface area contributed by atoms with Gasteiger partial charge in [-0.05, 0) is 24.1 Å². The average Bonchev–Trinajstić information content (AvgIpc) is 2.67. The van der Waals surface area contributed by atoms with Gasteiger partial charge in [0.1, 0.15) is 5.82 Å². The third kappa shape index (κ3) is 2.32. The number of benzene rings is 1. The standard InChI is InChI=1S/C12H16FN3/c1-3-8(2)7-14-12-15-10-5-4-9(13)6-11(10)16-12/h4-6,8H,3,7H2,1-2H3,(H2,14,15,16). The zero-order chi connectivity index (χ0) is 11.5. The molecule has 1 unspecified atom stereocenters. The van der Waals surface area contributed by atoms with Gasteiger partial charge in [0, 0.05) is 6.54 Å². The molecule has 2 N–H and O–H groups in total. The van der Waals surface area contributed by atoms with Crippen molar-refractivity contribution in [1.82, 2.24) is 9.97 Å². The summed E-state index contributed by atoms with van der Waals surface area (Å²) in [5, 5.41) is 3.22. The van der Waals surface area contributed by atoms with Crippen LogP contribution in [0.15, 0.2) is 18.2 Å². The fraction of sp³-hybridized carbons (Fsp3) is 0.417. The molecular weight excluding hydrogens is 205 g/mol. The topological polar surface area (TPSA) is 40.7 Å². The van der Waals surface area contributed by atoms with Crippen molar-refractivity contribution in [3.63, 3.8) is 0 Å². The number of anilines is 1. The number of hydrogen-bond acceptors (Lipinski definition) is 2. The van der Waals surface area contributed by atoms with Gasteiger partial charge in [-0.15, -0.1) is 0 Å². The molecule has 0 bridgehead atoms. The highest BCUT2D eigenvalue weighted by Gasteiger charge is 2.04. The van der Waals surface area contributed by atoms with Crippen LogP contribution in [-0.4, -0.2) is 16.5 Å². The number of fused-ring (bicyclic) bond motifs is 1. The molecule has 2 rings (SSSR count). The van der Waals surface area contributed by atoms with E-state index in [-0.39, 0.29) is 5.82 Å².